The molecule has 5 rings (SSSR count). The van der Waals surface area contributed by atoms with Crippen molar-refractivity contribution in [3.8, 4) is 22.8 Å². The molecule has 0 aliphatic carbocycles. The Morgan fingerprint density at radius 2 is 1.43 bits per heavy atom. The number of pyridine rings is 1. The van der Waals surface area contributed by atoms with Gasteiger partial charge < -0.3 is 9.64 Å². The molecule has 0 aliphatic heterocycles. The number of amides is 1. The Balaban J connectivity index is 1.35. The minimum absolute atomic E-state index is 0.112. The van der Waals surface area contributed by atoms with E-state index in [9.17, 15) is 4.79 Å². The van der Waals surface area contributed by atoms with E-state index in [1.54, 1.807) is 0 Å². The summed E-state index contributed by atoms with van der Waals surface area (Å²) >= 11 is 0. The van der Waals surface area contributed by atoms with E-state index in [1.807, 2.05) is 95.9 Å². The minimum atomic E-state index is 0.112. The van der Waals surface area contributed by atoms with Crippen LogP contribution in [0.4, 0.5) is 0 Å². The zero-order valence-corrected chi connectivity index (χ0v) is 21.0. The monoisotopic (exact) mass is 486 g/mol. The van der Waals surface area contributed by atoms with Gasteiger partial charge in [0.25, 0.3) is 0 Å². The molecule has 0 atom stereocenters. The van der Waals surface area contributed by atoms with Crippen molar-refractivity contribution in [1.29, 1.82) is 0 Å². The fourth-order valence-electron chi connectivity index (χ4n) is 4.49. The van der Waals surface area contributed by atoms with Crippen molar-refractivity contribution in [3.63, 3.8) is 0 Å². The van der Waals surface area contributed by atoms with Gasteiger partial charge in [0.05, 0.1) is 17.6 Å². The van der Waals surface area contributed by atoms with Crippen LogP contribution in [-0.4, -0.2) is 22.3 Å². The number of carbonyl (C=O) groups excluding carboxylic acids is 1. The summed E-state index contributed by atoms with van der Waals surface area (Å²) in [5.41, 5.74) is 5.01. The summed E-state index contributed by atoms with van der Waals surface area (Å²) in [5, 5.41) is 1.08. The number of para-hydroxylation sites is 2. The molecule has 4 nitrogen and oxygen atoms in total. The lowest BCUT2D eigenvalue weighted by Gasteiger charge is -2.24. The molecule has 4 aromatic carbocycles. The Morgan fingerprint density at radius 1 is 0.784 bits per heavy atom. The summed E-state index contributed by atoms with van der Waals surface area (Å²) in [7, 11) is 0. The van der Waals surface area contributed by atoms with Gasteiger partial charge in [0, 0.05) is 24.0 Å². The molecule has 0 aliphatic rings. The molecule has 184 valence electrons. The van der Waals surface area contributed by atoms with Crippen LogP contribution in [0, 0.1) is 0 Å². The molecule has 0 unspecified atom stereocenters. The Bertz CT molecular complexity index is 1470. The summed E-state index contributed by atoms with van der Waals surface area (Å²) in [6.07, 6.45) is 1.24. The lowest BCUT2D eigenvalue weighted by molar-refractivity contribution is -0.131. The van der Waals surface area contributed by atoms with Gasteiger partial charge in [0.2, 0.25) is 5.91 Å². The van der Waals surface area contributed by atoms with E-state index in [4.69, 9.17) is 9.72 Å². The highest BCUT2D eigenvalue weighted by atomic mass is 16.5. The van der Waals surface area contributed by atoms with Crippen molar-refractivity contribution in [2.45, 2.75) is 26.3 Å². The van der Waals surface area contributed by atoms with Gasteiger partial charge in [-0.25, -0.2) is 4.98 Å². The molecule has 1 amide bonds. The lowest BCUT2D eigenvalue weighted by Crippen LogP contribution is -2.32. The number of benzene rings is 4. The average molecular weight is 487 g/mol. The first-order valence-corrected chi connectivity index (χ1v) is 12.7. The number of hydrogen-bond donors (Lipinski definition) is 0. The quantitative estimate of drug-likeness (QED) is 0.215. The van der Waals surface area contributed by atoms with Crippen molar-refractivity contribution in [3.05, 3.63) is 126 Å². The van der Waals surface area contributed by atoms with E-state index in [1.165, 1.54) is 0 Å². The molecule has 37 heavy (non-hydrogen) atoms. The SMILES string of the molecule is CCCN(Cc1cc(-c2ccccc2)nc2ccccc12)C(=O)Cc1ccc(Oc2ccccc2)cc1. The predicted octanol–water partition coefficient (Wildman–Crippen LogP) is 7.68. The van der Waals surface area contributed by atoms with Gasteiger partial charge in [-0.15, -0.1) is 0 Å². The molecule has 0 N–H and O–H groups in total. The van der Waals surface area contributed by atoms with Crippen LogP contribution in [0.15, 0.2) is 115 Å². The molecule has 0 saturated carbocycles. The van der Waals surface area contributed by atoms with Crippen LogP contribution in [0.5, 0.6) is 11.5 Å². The summed E-state index contributed by atoms with van der Waals surface area (Å²) in [6.45, 7) is 3.35. The number of carbonyl (C=O) groups is 1. The fraction of sp³-hybridized carbons (Fsp3) is 0.152. The molecule has 0 spiro atoms. The highest BCUT2D eigenvalue weighted by Gasteiger charge is 2.17. The van der Waals surface area contributed by atoms with Crippen molar-refractivity contribution in [2.75, 3.05) is 6.54 Å². The Morgan fingerprint density at radius 3 is 2.16 bits per heavy atom. The van der Waals surface area contributed by atoms with Crippen molar-refractivity contribution >= 4 is 16.8 Å². The third-order valence-electron chi connectivity index (χ3n) is 6.34. The molecule has 4 heteroatoms. The molecule has 0 saturated heterocycles. The first kappa shape index (κ1) is 24.3. The molecule has 0 fully saturated rings. The van der Waals surface area contributed by atoms with Gasteiger partial charge >= 0.3 is 0 Å². The number of aromatic nitrogens is 1. The normalized spacial score (nSPS) is 10.8. The zero-order valence-electron chi connectivity index (χ0n) is 21.0. The number of fused-ring (bicyclic) bond motifs is 1. The lowest BCUT2D eigenvalue weighted by atomic mass is 10.0. The van der Waals surface area contributed by atoms with Crippen LogP contribution >= 0.6 is 0 Å². The summed E-state index contributed by atoms with van der Waals surface area (Å²) in [5.74, 6) is 1.66. The van der Waals surface area contributed by atoms with Crippen LogP contribution < -0.4 is 4.74 Å². The van der Waals surface area contributed by atoms with Gasteiger partial charge in [-0.05, 0) is 53.9 Å². The van der Waals surface area contributed by atoms with Crippen LogP contribution in [0.1, 0.15) is 24.5 Å². The number of rotatable bonds is 9. The Hall–Kier alpha value is -4.44. The van der Waals surface area contributed by atoms with Crippen molar-refractivity contribution in [2.24, 2.45) is 0 Å². The molecule has 0 radical (unpaired) electrons. The second kappa shape index (κ2) is 11.5. The predicted molar refractivity (Wildman–Crippen MR) is 150 cm³/mol. The maximum absolute atomic E-state index is 13.5. The topological polar surface area (TPSA) is 42.4 Å². The van der Waals surface area contributed by atoms with Crippen molar-refractivity contribution < 1.29 is 9.53 Å². The second-order valence-corrected chi connectivity index (χ2v) is 9.10. The standard InChI is InChI=1S/C33H30N2O2/c1-2-21-35(33(36)22-25-17-19-29(20-18-25)37-28-13-7-4-8-14-28)24-27-23-32(26-11-5-3-6-12-26)34-31-16-10-9-15-30(27)31/h3-20,23H,2,21-22,24H2,1H3. The Labute approximate surface area is 218 Å². The highest BCUT2D eigenvalue weighted by molar-refractivity contribution is 5.86. The molecule has 1 aromatic heterocycles. The maximum Gasteiger partial charge on any atom is 0.227 e. The maximum atomic E-state index is 13.5. The summed E-state index contributed by atoms with van der Waals surface area (Å²) < 4.78 is 5.89. The largest absolute Gasteiger partial charge is 0.457 e. The smallest absolute Gasteiger partial charge is 0.227 e. The van der Waals surface area contributed by atoms with E-state index in [-0.39, 0.29) is 5.91 Å². The third kappa shape index (κ3) is 6.04. The average Bonchev–Trinajstić information content (AvgIpc) is 2.95. The van der Waals surface area contributed by atoms with Crippen LogP contribution in [0.2, 0.25) is 0 Å². The number of hydrogen-bond acceptors (Lipinski definition) is 3. The van der Waals surface area contributed by atoms with E-state index in [0.717, 1.165) is 51.2 Å². The van der Waals surface area contributed by atoms with E-state index >= 15 is 0 Å². The van der Waals surface area contributed by atoms with E-state index in [2.05, 4.69) is 31.2 Å². The number of nitrogens with zero attached hydrogens (tertiary/aromatic N) is 2. The van der Waals surface area contributed by atoms with E-state index in [0.29, 0.717) is 19.5 Å². The molecule has 5 aromatic rings. The van der Waals surface area contributed by atoms with Gasteiger partial charge in [0.15, 0.2) is 0 Å². The second-order valence-electron chi connectivity index (χ2n) is 9.10. The van der Waals surface area contributed by atoms with Gasteiger partial charge in [-0.1, -0.05) is 85.8 Å². The van der Waals surface area contributed by atoms with Crippen LogP contribution in [0.25, 0.3) is 22.2 Å². The molecule has 0 bridgehead atoms. The van der Waals surface area contributed by atoms with Gasteiger partial charge in [-0.3, -0.25) is 4.79 Å². The minimum Gasteiger partial charge on any atom is -0.457 e. The first-order chi connectivity index (χ1) is 18.2. The molecular formula is C33H30N2O2. The Kier molecular flexibility index (Phi) is 7.56. The van der Waals surface area contributed by atoms with Gasteiger partial charge in [0.1, 0.15) is 11.5 Å². The highest BCUT2D eigenvalue weighted by Crippen LogP contribution is 2.26. The summed E-state index contributed by atoms with van der Waals surface area (Å²) in [6, 6.07) is 38.0. The van der Waals surface area contributed by atoms with E-state index < -0.39 is 0 Å². The third-order valence-corrected chi connectivity index (χ3v) is 6.34. The van der Waals surface area contributed by atoms with Gasteiger partial charge in [-0.2, -0.15) is 0 Å². The molecular weight excluding hydrogens is 456 g/mol. The van der Waals surface area contributed by atoms with Crippen LogP contribution in [-0.2, 0) is 17.8 Å². The number of ether oxygens (including phenoxy) is 1. The first-order valence-electron chi connectivity index (χ1n) is 12.7. The molecule has 1 heterocycles. The fourth-order valence-corrected chi connectivity index (χ4v) is 4.49. The van der Waals surface area contributed by atoms with Crippen molar-refractivity contribution in [1.82, 2.24) is 9.88 Å². The zero-order chi connectivity index (χ0) is 25.5. The van der Waals surface area contributed by atoms with Crippen LogP contribution in [0.3, 0.4) is 0 Å². The summed E-state index contributed by atoms with van der Waals surface area (Å²) in [4.78, 5) is 20.3.